The maximum atomic E-state index is 11.8. The maximum absolute atomic E-state index is 11.8. The van der Waals surface area contributed by atoms with Crippen LogP contribution in [0.3, 0.4) is 0 Å². The van der Waals surface area contributed by atoms with Crippen molar-refractivity contribution in [2.75, 3.05) is 0 Å². The summed E-state index contributed by atoms with van der Waals surface area (Å²) >= 11 is 0. The molecule has 0 unspecified atom stereocenters. The SMILES string of the molecule is O=C(CCCCC(F)(F)F)OC(=O)c1ccccc1. The van der Waals surface area contributed by atoms with Gasteiger partial charge in [0.05, 0.1) is 5.56 Å². The first-order chi connectivity index (χ1) is 8.88. The fourth-order valence-electron chi connectivity index (χ4n) is 1.38. The molecule has 3 nitrogen and oxygen atoms in total. The minimum absolute atomic E-state index is 0.0421. The molecule has 0 amide bonds. The topological polar surface area (TPSA) is 43.4 Å². The lowest BCUT2D eigenvalue weighted by molar-refractivity contribution is -0.141. The van der Waals surface area contributed by atoms with E-state index < -0.39 is 24.5 Å². The van der Waals surface area contributed by atoms with Gasteiger partial charge in [-0.1, -0.05) is 18.2 Å². The zero-order valence-electron chi connectivity index (χ0n) is 10.1. The second-order valence-corrected chi connectivity index (χ2v) is 3.95. The van der Waals surface area contributed by atoms with Gasteiger partial charge in [-0.05, 0) is 25.0 Å². The fraction of sp³-hybridized carbons (Fsp3) is 0.385. The summed E-state index contributed by atoms with van der Waals surface area (Å²) in [5, 5.41) is 0. The molecule has 1 rings (SSSR count). The summed E-state index contributed by atoms with van der Waals surface area (Å²) in [7, 11) is 0. The van der Waals surface area contributed by atoms with Crippen LogP contribution in [0.2, 0.25) is 0 Å². The zero-order chi connectivity index (χ0) is 14.3. The van der Waals surface area contributed by atoms with E-state index in [0.717, 1.165) is 0 Å². The van der Waals surface area contributed by atoms with Crippen molar-refractivity contribution < 1.29 is 27.5 Å². The van der Waals surface area contributed by atoms with Crippen molar-refractivity contribution in [2.24, 2.45) is 0 Å². The third-order valence-corrected chi connectivity index (χ3v) is 2.31. The van der Waals surface area contributed by atoms with Crippen molar-refractivity contribution in [3.05, 3.63) is 35.9 Å². The Morgan fingerprint density at radius 3 is 2.26 bits per heavy atom. The predicted octanol–water partition coefficient (Wildman–Crippen LogP) is 3.49. The van der Waals surface area contributed by atoms with E-state index in [9.17, 15) is 22.8 Å². The van der Waals surface area contributed by atoms with Gasteiger partial charge in [0.15, 0.2) is 0 Å². The van der Waals surface area contributed by atoms with Gasteiger partial charge in [0.25, 0.3) is 0 Å². The first-order valence-electron chi connectivity index (χ1n) is 5.75. The van der Waals surface area contributed by atoms with Crippen LogP contribution in [0.4, 0.5) is 13.2 Å². The molecule has 0 bridgehead atoms. The van der Waals surface area contributed by atoms with Gasteiger partial charge in [-0.15, -0.1) is 0 Å². The van der Waals surface area contributed by atoms with Crippen molar-refractivity contribution >= 4 is 11.9 Å². The van der Waals surface area contributed by atoms with Crippen LogP contribution in [0, 0.1) is 0 Å². The first-order valence-corrected chi connectivity index (χ1v) is 5.75. The van der Waals surface area contributed by atoms with Crippen molar-refractivity contribution in [1.29, 1.82) is 0 Å². The summed E-state index contributed by atoms with van der Waals surface area (Å²) in [6, 6.07) is 7.91. The largest absolute Gasteiger partial charge is 0.389 e. The number of alkyl halides is 3. The number of halogens is 3. The van der Waals surface area contributed by atoms with Gasteiger partial charge in [-0.3, -0.25) is 4.79 Å². The van der Waals surface area contributed by atoms with E-state index in [2.05, 4.69) is 4.74 Å². The molecule has 104 valence electrons. The Kier molecular flexibility index (Phi) is 5.54. The van der Waals surface area contributed by atoms with Gasteiger partial charge in [-0.2, -0.15) is 13.2 Å². The Morgan fingerprint density at radius 2 is 1.68 bits per heavy atom. The molecule has 0 aliphatic carbocycles. The lowest BCUT2D eigenvalue weighted by atomic mass is 10.2. The molecule has 0 saturated carbocycles. The van der Waals surface area contributed by atoms with Crippen LogP contribution < -0.4 is 0 Å². The van der Waals surface area contributed by atoms with Gasteiger partial charge in [0.1, 0.15) is 0 Å². The molecule has 6 heteroatoms. The van der Waals surface area contributed by atoms with Crippen molar-refractivity contribution in [3.8, 4) is 0 Å². The number of carbonyl (C=O) groups is 2. The molecular weight excluding hydrogens is 261 g/mol. The van der Waals surface area contributed by atoms with E-state index >= 15 is 0 Å². The molecule has 0 heterocycles. The highest BCUT2D eigenvalue weighted by Gasteiger charge is 2.26. The summed E-state index contributed by atoms with van der Waals surface area (Å²) in [6.45, 7) is 0. The third kappa shape index (κ3) is 6.59. The molecular formula is C13H13F3O3. The van der Waals surface area contributed by atoms with Crippen LogP contribution in [0.1, 0.15) is 36.0 Å². The standard InChI is InChI=1S/C13H13F3O3/c14-13(15,16)9-5-4-8-11(17)19-12(18)10-6-2-1-3-7-10/h1-3,6-7H,4-5,8-9H2. The predicted molar refractivity (Wildman–Crippen MR) is 61.4 cm³/mol. The van der Waals surface area contributed by atoms with Gasteiger partial charge in [0, 0.05) is 12.8 Å². The molecule has 0 spiro atoms. The summed E-state index contributed by atoms with van der Waals surface area (Å²) in [5.41, 5.74) is 0.228. The van der Waals surface area contributed by atoms with Gasteiger partial charge in [-0.25, -0.2) is 4.79 Å². The van der Waals surface area contributed by atoms with Crippen molar-refractivity contribution in [2.45, 2.75) is 31.9 Å². The van der Waals surface area contributed by atoms with E-state index in [1.165, 1.54) is 12.1 Å². The van der Waals surface area contributed by atoms with Gasteiger partial charge >= 0.3 is 18.1 Å². The number of benzene rings is 1. The number of esters is 2. The van der Waals surface area contributed by atoms with Crippen LogP contribution in [0.15, 0.2) is 30.3 Å². The summed E-state index contributed by atoms with van der Waals surface area (Å²) in [4.78, 5) is 22.7. The van der Waals surface area contributed by atoms with Crippen molar-refractivity contribution in [3.63, 3.8) is 0 Å². The summed E-state index contributed by atoms with van der Waals surface area (Å²) in [6.07, 6.45) is -5.47. The van der Waals surface area contributed by atoms with Crippen LogP contribution in [-0.4, -0.2) is 18.1 Å². The Bertz CT molecular complexity index is 427. The van der Waals surface area contributed by atoms with Gasteiger partial charge < -0.3 is 4.74 Å². The Balaban J connectivity index is 2.27. The first kappa shape index (κ1) is 15.2. The van der Waals surface area contributed by atoms with E-state index in [1.54, 1.807) is 18.2 Å². The second-order valence-electron chi connectivity index (χ2n) is 3.95. The highest BCUT2D eigenvalue weighted by molar-refractivity contribution is 5.96. The van der Waals surface area contributed by atoms with E-state index in [4.69, 9.17) is 0 Å². The van der Waals surface area contributed by atoms with Crippen LogP contribution >= 0.6 is 0 Å². The molecule has 19 heavy (non-hydrogen) atoms. The van der Waals surface area contributed by atoms with Crippen LogP contribution in [0.25, 0.3) is 0 Å². The molecule has 0 aliphatic heterocycles. The monoisotopic (exact) mass is 274 g/mol. The average Bonchev–Trinajstić information content (AvgIpc) is 2.34. The fourth-order valence-corrected chi connectivity index (χ4v) is 1.38. The molecule has 0 aliphatic rings. The number of hydrogen-bond donors (Lipinski definition) is 0. The Labute approximate surface area is 108 Å². The maximum Gasteiger partial charge on any atom is 0.389 e. The van der Waals surface area contributed by atoms with Crippen LogP contribution in [-0.2, 0) is 9.53 Å². The minimum Gasteiger partial charge on any atom is -0.389 e. The highest BCUT2D eigenvalue weighted by atomic mass is 19.4. The molecule has 1 aromatic rings. The molecule has 0 saturated heterocycles. The third-order valence-electron chi connectivity index (χ3n) is 2.31. The number of unbranched alkanes of at least 4 members (excludes halogenated alkanes) is 1. The quantitative estimate of drug-likeness (QED) is 0.469. The number of carbonyl (C=O) groups excluding carboxylic acids is 2. The molecule has 0 aromatic heterocycles. The summed E-state index contributed by atoms with van der Waals surface area (Å²) in [5.74, 6) is -1.60. The molecule has 0 N–H and O–H groups in total. The molecule has 0 fully saturated rings. The molecule has 0 atom stereocenters. The lowest BCUT2D eigenvalue weighted by Crippen LogP contribution is -2.13. The number of ether oxygens (including phenoxy) is 1. The number of hydrogen-bond acceptors (Lipinski definition) is 3. The van der Waals surface area contributed by atoms with Crippen LogP contribution in [0.5, 0.6) is 0 Å². The van der Waals surface area contributed by atoms with E-state index in [0.29, 0.717) is 0 Å². The normalized spacial score (nSPS) is 11.1. The smallest absolute Gasteiger partial charge is 0.389 e. The van der Waals surface area contributed by atoms with E-state index in [-0.39, 0.29) is 24.8 Å². The van der Waals surface area contributed by atoms with Crippen molar-refractivity contribution in [1.82, 2.24) is 0 Å². The lowest BCUT2D eigenvalue weighted by Gasteiger charge is -2.05. The molecule has 1 aromatic carbocycles. The number of rotatable bonds is 5. The highest BCUT2D eigenvalue weighted by Crippen LogP contribution is 2.22. The zero-order valence-corrected chi connectivity index (χ0v) is 10.1. The minimum atomic E-state index is -4.22. The van der Waals surface area contributed by atoms with Gasteiger partial charge in [0.2, 0.25) is 0 Å². The second kappa shape index (κ2) is 6.92. The average molecular weight is 274 g/mol. The molecule has 0 radical (unpaired) electrons. The summed E-state index contributed by atoms with van der Waals surface area (Å²) < 4.78 is 40.0. The Morgan fingerprint density at radius 1 is 1.05 bits per heavy atom. The Hall–Kier alpha value is -1.85. The van der Waals surface area contributed by atoms with E-state index in [1.807, 2.05) is 0 Å².